The Morgan fingerprint density at radius 1 is 1.33 bits per heavy atom. The monoisotopic (exact) mass is 320 g/mol. The second-order valence-corrected chi connectivity index (χ2v) is 6.81. The van der Waals surface area contributed by atoms with Gasteiger partial charge in [0.05, 0.1) is 17.3 Å². The maximum Gasteiger partial charge on any atom is 0.254 e. The highest BCUT2D eigenvalue weighted by Gasteiger charge is 2.25. The van der Waals surface area contributed by atoms with E-state index in [1.165, 1.54) is 12.8 Å². The van der Waals surface area contributed by atoms with E-state index in [1.807, 2.05) is 24.3 Å². The molecular formula is C19H20N4O. The fourth-order valence-electron chi connectivity index (χ4n) is 3.38. The van der Waals surface area contributed by atoms with Gasteiger partial charge < -0.3 is 4.98 Å². The highest BCUT2D eigenvalue weighted by atomic mass is 16.1. The SMILES string of the molecule is N#Cc1ccccc1CN1CCc2c(nc(CC3CC3)[nH]c2=O)C1. The first-order valence-electron chi connectivity index (χ1n) is 8.54. The fraction of sp³-hybridized carbons (Fsp3) is 0.421. The summed E-state index contributed by atoms with van der Waals surface area (Å²) in [4.78, 5) is 22.3. The Kier molecular flexibility index (Phi) is 3.91. The number of benzene rings is 1. The molecule has 0 saturated heterocycles. The molecule has 0 spiro atoms. The molecule has 1 N–H and O–H groups in total. The Hall–Kier alpha value is -2.45. The topological polar surface area (TPSA) is 72.8 Å². The predicted molar refractivity (Wildman–Crippen MR) is 90.3 cm³/mol. The van der Waals surface area contributed by atoms with Crippen LogP contribution < -0.4 is 5.56 Å². The fourth-order valence-corrected chi connectivity index (χ4v) is 3.38. The molecule has 0 atom stereocenters. The zero-order valence-electron chi connectivity index (χ0n) is 13.6. The molecule has 2 aliphatic rings. The molecule has 0 amide bonds. The van der Waals surface area contributed by atoms with Crippen molar-refractivity contribution in [1.29, 1.82) is 5.26 Å². The molecule has 1 fully saturated rings. The number of aromatic nitrogens is 2. The smallest absolute Gasteiger partial charge is 0.254 e. The molecule has 122 valence electrons. The molecule has 1 aliphatic carbocycles. The minimum absolute atomic E-state index is 0.0349. The molecule has 2 aromatic rings. The van der Waals surface area contributed by atoms with Crippen LogP contribution in [0.4, 0.5) is 0 Å². The van der Waals surface area contributed by atoms with Crippen LogP contribution in [0.25, 0.3) is 0 Å². The second kappa shape index (κ2) is 6.21. The molecule has 1 aromatic carbocycles. The molecule has 0 bridgehead atoms. The van der Waals surface area contributed by atoms with Gasteiger partial charge in [-0.15, -0.1) is 0 Å². The summed E-state index contributed by atoms with van der Waals surface area (Å²) in [5.74, 6) is 1.54. The molecular weight excluding hydrogens is 300 g/mol. The molecule has 1 aromatic heterocycles. The minimum atomic E-state index is 0.0349. The third kappa shape index (κ3) is 3.10. The lowest BCUT2D eigenvalue weighted by molar-refractivity contribution is 0.240. The van der Waals surface area contributed by atoms with Crippen molar-refractivity contribution in [3.05, 3.63) is 62.8 Å². The number of fused-ring (bicyclic) bond motifs is 1. The molecule has 0 unspecified atom stereocenters. The number of rotatable bonds is 4. The van der Waals surface area contributed by atoms with E-state index in [-0.39, 0.29) is 5.56 Å². The van der Waals surface area contributed by atoms with Gasteiger partial charge in [-0.3, -0.25) is 9.69 Å². The molecule has 24 heavy (non-hydrogen) atoms. The lowest BCUT2D eigenvalue weighted by Crippen LogP contribution is -2.35. The van der Waals surface area contributed by atoms with Crippen LogP contribution in [0.3, 0.4) is 0 Å². The van der Waals surface area contributed by atoms with E-state index in [9.17, 15) is 10.1 Å². The van der Waals surface area contributed by atoms with Gasteiger partial charge in [0.1, 0.15) is 5.82 Å². The van der Waals surface area contributed by atoms with Crippen LogP contribution in [-0.4, -0.2) is 21.4 Å². The van der Waals surface area contributed by atoms with Gasteiger partial charge in [-0.2, -0.15) is 5.26 Å². The quantitative estimate of drug-likeness (QED) is 0.937. The predicted octanol–water partition coefficient (Wildman–Crippen LogP) is 2.15. The van der Waals surface area contributed by atoms with E-state index >= 15 is 0 Å². The van der Waals surface area contributed by atoms with Crippen molar-refractivity contribution in [1.82, 2.24) is 14.9 Å². The van der Waals surface area contributed by atoms with Gasteiger partial charge in [-0.1, -0.05) is 18.2 Å². The van der Waals surface area contributed by atoms with Gasteiger partial charge >= 0.3 is 0 Å². The molecule has 5 nitrogen and oxygen atoms in total. The standard InChI is InChI=1S/C19H20N4O/c20-10-14-3-1-2-4-15(14)11-23-8-7-16-17(12-23)21-18(22-19(16)24)9-13-5-6-13/h1-4,13H,5-9,11-12H2,(H,21,22,24). The summed E-state index contributed by atoms with van der Waals surface area (Å²) < 4.78 is 0. The van der Waals surface area contributed by atoms with Gasteiger partial charge in [0.25, 0.3) is 5.56 Å². The summed E-state index contributed by atoms with van der Waals surface area (Å²) in [5, 5.41) is 9.24. The van der Waals surface area contributed by atoms with Crippen LogP contribution >= 0.6 is 0 Å². The Morgan fingerprint density at radius 3 is 2.96 bits per heavy atom. The Bertz CT molecular complexity index is 860. The van der Waals surface area contributed by atoms with Crippen LogP contribution in [0.1, 0.15) is 41.1 Å². The number of nitrogens with one attached hydrogen (secondary N) is 1. The van der Waals surface area contributed by atoms with Gasteiger partial charge in [0.2, 0.25) is 0 Å². The molecule has 0 radical (unpaired) electrons. The summed E-state index contributed by atoms with van der Waals surface area (Å²) >= 11 is 0. The largest absolute Gasteiger partial charge is 0.310 e. The Labute approximate surface area is 141 Å². The van der Waals surface area contributed by atoms with Crippen molar-refractivity contribution in [3.63, 3.8) is 0 Å². The maximum atomic E-state index is 12.3. The van der Waals surface area contributed by atoms with Crippen molar-refractivity contribution >= 4 is 0 Å². The van der Waals surface area contributed by atoms with E-state index in [1.54, 1.807) is 0 Å². The van der Waals surface area contributed by atoms with Gasteiger partial charge in [-0.05, 0) is 36.8 Å². The maximum absolute atomic E-state index is 12.3. The first kappa shape index (κ1) is 15.1. The number of aromatic amines is 1. The van der Waals surface area contributed by atoms with Crippen LogP contribution in [-0.2, 0) is 25.9 Å². The first-order chi connectivity index (χ1) is 11.7. The number of hydrogen-bond acceptors (Lipinski definition) is 4. The number of hydrogen-bond donors (Lipinski definition) is 1. The highest BCUT2D eigenvalue weighted by molar-refractivity contribution is 5.37. The molecule has 5 heteroatoms. The van der Waals surface area contributed by atoms with Crippen LogP contribution in [0, 0.1) is 17.2 Å². The first-order valence-corrected chi connectivity index (χ1v) is 8.54. The summed E-state index contributed by atoms with van der Waals surface area (Å²) in [7, 11) is 0. The summed E-state index contributed by atoms with van der Waals surface area (Å²) in [6.07, 6.45) is 4.10. The summed E-state index contributed by atoms with van der Waals surface area (Å²) in [6.45, 7) is 2.21. The van der Waals surface area contributed by atoms with Gasteiger partial charge in [-0.25, -0.2) is 4.98 Å². The average Bonchev–Trinajstić information content (AvgIpc) is 3.39. The minimum Gasteiger partial charge on any atom is -0.310 e. The number of nitrogens with zero attached hydrogens (tertiary/aromatic N) is 3. The molecule has 1 saturated carbocycles. The van der Waals surface area contributed by atoms with Gasteiger partial charge in [0.15, 0.2) is 0 Å². The van der Waals surface area contributed by atoms with Crippen molar-refractivity contribution in [2.75, 3.05) is 6.54 Å². The third-order valence-electron chi connectivity index (χ3n) is 4.91. The number of nitriles is 1. The van der Waals surface area contributed by atoms with Crippen LogP contribution in [0.15, 0.2) is 29.1 Å². The van der Waals surface area contributed by atoms with E-state index in [0.717, 1.165) is 54.1 Å². The zero-order chi connectivity index (χ0) is 16.5. The molecule has 4 rings (SSSR count). The highest BCUT2D eigenvalue weighted by Crippen LogP contribution is 2.31. The van der Waals surface area contributed by atoms with E-state index in [2.05, 4.69) is 16.0 Å². The zero-order valence-corrected chi connectivity index (χ0v) is 13.6. The van der Waals surface area contributed by atoms with Crippen molar-refractivity contribution in [2.24, 2.45) is 5.92 Å². The van der Waals surface area contributed by atoms with E-state index < -0.39 is 0 Å². The third-order valence-corrected chi connectivity index (χ3v) is 4.91. The molecule has 1 aliphatic heterocycles. The van der Waals surface area contributed by atoms with E-state index in [0.29, 0.717) is 12.5 Å². The van der Waals surface area contributed by atoms with Crippen LogP contribution in [0.5, 0.6) is 0 Å². The number of H-pyrrole nitrogens is 1. The Morgan fingerprint density at radius 2 is 2.17 bits per heavy atom. The lowest BCUT2D eigenvalue weighted by atomic mass is 10.0. The average molecular weight is 320 g/mol. The second-order valence-electron chi connectivity index (χ2n) is 6.81. The lowest BCUT2D eigenvalue weighted by Gasteiger charge is -2.28. The summed E-state index contributed by atoms with van der Waals surface area (Å²) in [6, 6.07) is 9.95. The van der Waals surface area contributed by atoms with Crippen LogP contribution in [0.2, 0.25) is 0 Å². The normalized spacial score (nSPS) is 17.3. The Balaban J connectivity index is 1.55. The van der Waals surface area contributed by atoms with E-state index in [4.69, 9.17) is 4.98 Å². The van der Waals surface area contributed by atoms with Crippen molar-refractivity contribution in [2.45, 2.75) is 38.8 Å². The molecule has 2 heterocycles. The van der Waals surface area contributed by atoms with Crippen molar-refractivity contribution in [3.8, 4) is 6.07 Å². The summed E-state index contributed by atoms with van der Waals surface area (Å²) in [5.41, 5.74) is 3.53. The van der Waals surface area contributed by atoms with Gasteiger partial charge in [0, 0.05) is 31.6 Å². The van der Waals surface area contributed by atoms with Crippen molar-refractivity contribution < 1.29 is 0 Å².